The highest BCUT2D eigenvalue weighted by Crippen LogP contribution is 1.98. The van der Waals surface area contributed by atoms with Gasteiger partial charge in [0.1, 0.15) is 10.4 Å². The van der Waals surface area contributed by atoms with Crippen LogP contribution in [0.4, 0.5) is 0 Å². The minimum Gasteiger partial charge on any atom is -0.335 e. The summed E-state index contributed by atoms with van der Waals surface area (Å²) in [5.41, 5.74) is 0.946. The van der Waals surface area contributed by atoms with Crippen LogP contribution in [0.25, 0.3) is 0 Å². The fraction of sp³-hybridized carbons (Fsp3) is 0.333. The molecule has 0 fully saturated rings. The van der Waals surface area contributed by atoms with Crippen LogP contribution in [-0.4, -0.2) is 26.4 Å². The maximum Gasteiger partial charge on any atom is 0.345 e. The Kier molecular flexibility index (Phi) is 5.94. The lowest BCUT2D eigenvalue weighted by Gasteiger charge is -2.06. The summed E-state index contributed by atoms with van der Waals surface area (Å²) in [6, 6.07) is 5.08. The predicted molar refractivity (Wildman–Crippen MR) is 74.2 cm³/mol. The second-order valence-electron chi connectivity index (χ2n) is 3.82. The molecule has 0 aromatic carbocycles. The van der Waals surface area contributed by atoms with Crippen LogP contribution >= 0.6 is 12.2 Å². The SMILES string of the molecule is C=C(C)CCS(=O)CC(=O)On1ccccc1=S. The van der Waals surface area contributed by atoms with E-state index in [1.54, 1.807) is 18.2 Å². The summed E-state index contributed by atoms with van der Waals surface area (Å²) in [5.74, 6) is -0.272. The summed E-state index contributed by atoms with van der Waals surface area (Å²) in [7, 11) is -1.23. The normalized spacial score (nSPS) is 11.8. The van der Waals surface area contributed by atoms with Crippen LogP contribution in [0.5, 0.6) is 0 Å². The van der Waals surface area contributed by atoms with Crippen molar-refractivity contribution < 1.29 is 13.8 Å². The first-order valence-electron chi connectivity index (χ1n) is 5.37. The van der Waals surface area contributed by atoms with Gasteiger partial charge in [-0.05, 0) is 25.5 Å². The predicted octanol–water partition coefficient (Wildman–Crippen LogP) is 1.89. The number of nitrogens with zero attached hydrogens (tertiary/aromatic N) is 1. The maximum absolute atomic E-state index is 11.6. The average molecular weight is 285 g/mol. The Balaban J connectivity index is 2.47. The van der Waals surface area contributed by atoms with Crippen LogP contribution < -0.4 is 4.84 Å². The molecule has 0 bridgehead atoms. The Morgan fingerprint density at radius 3 is 2.89 bits per heavy atom. The van der Waals surface area contributed by atoms with Crippen molar-refractivity contribution in [2.45, 2.75) is 13.3 Å². The Hall–Kier alpha value is -1.27. The Bertz CT molecular complexity index is 522. The Morgan fingerprint density at radius 2 is 2.28 bits per heavy atom. The quantitative estimate of drug-likeness (QED) is 0.591. The van der Waals surface area contributed by atoms with Crippen LogP contribution in [0.15, 0.2) is 36.5 Å². The zero-order valence-corrected chi connectivity index (χ0v) is 11.8. The lowest BCUT2D eigenvalue weighted by atomic mass is 10.3. The molecule has 1 rings (SSSR count). The van der Waals surface area contributed by atoms with E-state index in [1.165, 1.54) is 10.9 Å². The number of carbonyl (C=O) groups is 1. The van der Waals surface area contributed by atoms with Crippen molar-refractivity contribution >= 4 is 29.0 Å². The van der Waals surface area contributed by atoms with Crippen LogP contribution in [0.1, 0.15) is 13.3 Å². The molecule has 0 radical (unpaired) electrons. The summed E-state index contributed by atoms with van der Waals surface area (Å²) in [6.45, 7) is 5.58. The Morgan fingerprint density at radius 1 is 1.56 bits per heavy atom. The molecule has 0 N–H and O–H groups in total. The van der Waals surface area contributed by atoms with E-state index in [0.717, 1.165) is 5.57 Å². The minimum atomic E-state index is -1.23. The monoisotopic (exact) mass is 285 g/mol. The molecule has 0 aliphatic rings. The van der Waals surface area contributed by atoms with E-state index in [-0.39, 0.29) is 5.75 Å². The first-order chi connectivity index (χ1) is 8.49. The molecule has 0 amide bonds. The first kappa shape index (κ1) is 14.8. The second-order valence-corrected chi connectivity index (χ2v) is 5.82. The third-order valence-electron chi connectivity index (χ3n) is 2.02. The Labute approximate surface area is 114 Å². The van der Waals surface area contributed by atoms with E-state index in [4.69, 9.17) is 17.1 Å². The van der Waals surface area contributed by atoms with E-state index < -0.39 is 16.8 Å². The lowest BCUT2D eigenvalue weighted by Crippen LogP contribution is -2.25. The zero-order valence-electron chi connectivity index (χ0n) is 10.1. The molecule has 1 aromatic heterocycles. The summed E-state index contributed by atoms with van der Waals surface area (Å²) in [6.07, 6.45) is 2.18. The van der Waals surface area contributed by atoms with E-state index in [0.29, 0.717) is 16.8 Å². The molecular formula is C12H15NO3S2. The maximum atomic E-state index is 11.6. The number of carbonyl (C=O) groups excluding carboxylic acids is 1. The van der Waals surface area contributed by atoms with Gasteiger partial charge in [-0.15, -0.1) is 6.58 Å². The molecular weight excluding hydrogens is 270 g/mol. The number of hydrogen-bond donors (Lipinski definition) is 0. The van der Waals surface area contributed by atoms with Crippen LogP contribution in [0.2, 0.25) is 0 Å². The van der Waals surface area contributed by atoms with Crippen LogP contribution in [0, 0.1) is 4.64 Å². The van der Waals surface area contributed by atoms with Gasteiger partial charge in [0.05, 0.1) is 0 Å². The molecule has 0 aliphatic carbocycles. The number of rotatable bonds is 6. The highest BCUT2D eigenvalue weighted by molar-refractivity contribution is 7.85. The molecule has 6 heteroatoms. The highest BCUT2D eigenvalue weighted by atomic mass is 32.2. The van der Waals surface area contributed by atoms with Gasteiger partial charge in [-0.1, -0.05) is 23.9 Å². The molecule has 0 spiro atoms. The smallest absolute Gasteiger partial charge is 0.335 e. The third-order valence-corrected chi connectivity index (χ3v) is 3.56. The van der Waals surface area contributed by atoms with E-state index in [2.05, 4.69) is 6.58 Å². The van der Waals surface area contributed by atoms with Crippen molar-refractivity contribution in [3.8, 4) is 0 Å². The van der Waals surface area contributed by atoms with Crippen molar-refractivity contribution in [2.75, 3.05) is 11.5 Å². The number of pyridine rings is 1. The average Bonchev–Trinajstić information content (AvgIpc) is 2.29. The summed E-state index contributed by atoms with van der Waals surface area (Å²) < 4.78 is 13.1. The fourth-order valence-corrected chi connectivity index (χ4v) is 2.33. The molecule has 0 saturated carbocycles. The molecule has 1 aromatic rings. The molecule has 98 valence electrons. The van der Waals surface area contributed by atoms with Crippen molar-refractivity contribution in [1.29, 1.82) is 0 Å². The van der Waals surface area contributed by atoms with Crippen LogP contribution in [-0.2, 0) is 15.6 Å². The van der Waals surface area contributed by atoms with Crippen LogP contribution in [0.3, 0.4) is 0 Å². The minimum absolute atomic E-state index is 0.135. The summed E-state index contributed by atoms with van der Waals surface area (Å²) in [5, 5.41) is 0. The van der Waals surface area contributed by atoms with Gasteiger partial charge in [0.15, 0.2) is 0 Å². The topological polar surface area (TPSA) is 48.3 Å². The van der Waals surface area contributed by atoms with Crippen molar-refractivity contribution in [1.82, 2.24) is 4.73 Å². The standard InChI is InChI=1S/C12H15NO3S2/c1-10(2)6-8-18(15)9-12(14)16-13-7-4-3-5-11(13)17/h3-5,7H,1,6,8-9H2,2H3. The first-order valence-corrected chi connectivity index (χ1v) is 7.27. The zero-order chi connectivity index (χ0) is 13.5. The van der Waals surface area contributed by atoms with Gasteiger partial charge in [-0.3, -0.25) is 4.21 Å². The number of aromatic nitrogens is 1. The molecule has 1 unspecified atom stereocenters. The van der Waals surface area contributed by atoms with E-state index in [1.807, 2.05) is 6.92 Å². The fourth-order valence-electron chi connectivity index (χ4n) is 1.12. The van der Waals surface area contributed by atoms with Gasteiger partial charge in [-0.25, -0.2) is 4.79 Å². The molecule has 4 nitrogen and oxygen atoms in total. The summed E-state index contributed by atoms with van der Waals surface area (Å²) in [4.78, 5) is 16.5. The van der Waals surface area contributed by atoms with E-state index >= 15 is 0 Å². The number of allylic oxidation sites excluding steroid dienone is 1. The van der Waals surface area contributed by atoms with Gasteiger partial charge in [-0.2, -0.15) is 4.73 Å². The van der Waals surface area contributed by atoms with Crippen molar-refractivity contribution in [3.63, 3.8) is 0 Å². The molecule has 1 atom stereocenters. The van der Waals surface area contributed by atoms with Gasteiger partial charge >= 0.3 is 5.97 Å². The lowest BCUT2D eigenvalue weighted by molar-refractivity contribution is -0.141. The van der Waals surface area contributed by atoms with E-state index in [9.17, 15) is 9.00 Å². The summed E-state index contributed by atoms with van der Waals surface area (Å²) >= 11 is 4.97. The second kappa shape index (κ2) is 7.23. The van der Waals surface area contributed by atoms with Gasteiger partial charge < -0.3 is 4.84 Å². The number of hydrogen-bond acceptors (Lipinski definition) is 4. The van der Waals surface area contributed by atoms with Gasteiger partial charge in [0, 0.05) is 22.7 Å². The highest BCUT2D eigenvalue weighted by Gasteiger charge is 2.10. The largest absolute Gasteiger partial charge is 0.345 e. The van der Waals surface area contributed by atoms with Gasteiger partial charge in [0.2, 0.25) is 0 Å². The molecule has 0 aliphatic heterocycles. The molecule has 1 heterocycles. The third kappa shape index (κ3) is 5.37. The van der Waals surface area contributed by atoms with Crippen molar-refractivity contribution in [2.24, 2.45) is 0 Å². The van der Waals surface area contributed by atoms with Crippen molar-refractivity contribution in [3.05, 3.63) is 41.2 Å². The molecule has 0 saturated heterocycles. The molecule has 18 heavy (non-hydrogen) atoms. The van der Waals surface area contributed by atoms with Gasteiger partial charge in [0.25, 0.3) is 0 Å².